The smallest absolute Gasteiger partial charge is 0.257 e. The Morgan fingerprint density at radius 3 is 2.35 bits per heavy atom. The molecule has 0 unspecified atom stereocenters. The Bertz CT molecular complexity index is 948. The summed E-state index contributed by atoms with van der Waals surface area (Å²) in [6, 6.07) is 12.7. The number of nitrogens with one attached hydrogen (secondary N) is 1. The van der Waals surface area contributed by atoms with Gasteiger partial charge in [0.25, 0.3) is 11.8 Å². The summed E-state index contributed by atoms with van der Waals surface area (Å²) in [7, 11) is 0. The largest absolute Gasteiger partial charge is 0.371 e. The first-order valence-corrected chi connectivity index (χ1v) is 11.6. The molecule has 2 fully saturated rings. The molecule has 0 aliphatic carbocycles. The zero-order valence-corrected chi connectivity index (χ0v) is 18.8. The Balaban J connectivity index is 1.62. The number of nitrogens with zero attached hydrogens (tertiary/aromatic N) is 2. The molecule has 2 amide bonds. The molecule has 2 heterocycles. The summed E-state index contributed by atoms with van der Waals surface area (Å²) in [5, 5.41) is 3.33. The van der Waals surface area contributed by atoms with E-state index in [-0.39, 0.29) is 11.8 Å². The molecule has 2 aromatic rings. The molecule has 0 radical (unpaired) electrons. The van der Waals surface area contributed by atoms with E-state index in [0.29, 0.717) is 27.8 Å². The normalized spacial score (nSPS) is 17.5. The van der Waals surface area contributed by atoms with Gasteiger partial charge in [0, 0.05) is 37.6 Å². The first-order chi connectivity index (χ1) is 15.0. The van der Waals surface area contributed by atoms with Crippen molar-refractivity contribution in [3.63, 3.8) is 0 Å². The van der Waals surface area contributed by atoms with Crippen LogP contribution in [0.15, 0.2) is 42.5 Å². The Labute approximate surface area is 189 Å². The predicted molar refractivity (Wildman–Crippen MR) is 126 cm³/mol. The van der Waals surface area contributed by atoms with Crippen LogP contribution < -0.4 is 10.2 Å². The average molecular weight is 440 g/mol. The molecule has 6 heteroatoms. The Morgan fingerprint density at radius 1 is 0.935 bits per heavy atom. The minimum absolute atomic E-state index is 0.0576. The number of amides is 2. The highest BCUT2D eigenvalue weighted by Gasteiger charge is 2.25. The number of benzene rings is 2. The first kappa shape index (κ1) is 21.7. The fourth-order valence-electron chi connectivity index (χ4n) is 4.42. The van der Waals surface area contributed by atoms with Crippen molar-refractivity contribution in [3.05, 3.63) is 58.6 Å². The molecule has 2 aliphatic rings. The van der Waals surface area contributed by atoms with E-state index in [0.717, 1.165) is 57.5 Å². The minimum Gasteiger partial charge on any atom is -0.371 e. The van der Waals surface area contributed by atoms with Gasteiger partial charge in [-0.3, -0.25) is 9.59 Å². The second-order valence-corrected chi connectivity index (χ2v) is 9.10. The second kappa shape index (κ2) is 9.73. The molecule has 0 bridgehead atoms. The molecule has 2 saturated heterocycles. The lowest BCUT2D eigenvalue weighted by Crippen LogP contribution is -2.38. The summed E-state index contributed by atoms with van der Waals surface area (Å²) < 4.78 is 0. The van der Waals surface area contributed by atoms with E-state index in [9.17, 15) is 9.59 Å². The highest BCUT2D eigenvalue weighted by atomic mass is 35.5. The standard InChI is InChI=1S/C25H30ClN3O2/c1-18-11-15-28(16-12-18)23-10-9-19(27-24(30)20-7-3-4-8-22(20)26)17-21(23)25(31)29-13-5-2-6-14-29/h3-4,7-10,17-18H,2,5-6,11-16H2,1H3,(H,27,30). The van der Waals surface area contributed by atoms with E-state index in [1.807, 2.05) is 23.1 Å². The molecule has 164 valence electrons. The van der Waals surface area contributed by atoms with Gasteiger partial charge in [-0.2, -0.15) is 0 Å². The van der Waals surface area contributed by atoms with Crippen molar-refractivity contribution in [1.29, 1.82) is 0 Å². The number of rotatable bonds is 4. The third kappa shape index (κ3) is 5.04. The number of carbonyl (C=O) groups is 2. The lowest BCUT2D eigenvalue weighted by molar-refractivity contribution is 0.0724. The summed E-state index contributed by atoms with van der Waals surface area (Å²) >= 11 is 6.18. The third-order valence-corrected chi connectivity index (χ3v) is 6.70. The van der Waals surface area contributed by atoms with Crippen molar-refractivity contribution in [3.8, 4) is 0 Å². The van der Waals surface area contributed by atoms with Crippen molar-refractivity contribution in [1.82, 2.24) is 4.90 Å². The highest BCUT2D eigenvalue weighted by molar-refractivity contribution is 6.34. The number of halogens is 1. The quantitative estimate of drug-likeness (QED) is 0.688. The van der Waals surface area contributed by atoms with Gasteiger partial charge in [0.1, 0.15) is 0 Å². The van der Waals surface area contributed by atoms with E-state index in [1.165, 1.54) is 6.42 Å². The fourth-order valence-corrected chi connectivity index (χ4v) is 4.64. The molecule has 0 atom stereocenters. The van der Waals surface area contributed by atoms with E-state index >= 15 is 0 Å². The predicted octanol–water partition coefficient (Wildman–Crippen LogP) is 5.45. The van der Waals surface area contributed by atoms with Gasteiger partial charge in [-0.25, -0.2) is 0 Å². The van der Waals surface area contributed by atoms with Crippen LogP contribution >= 0.6 is 11.6 Å². The maximum atomic E-state index is 13.5. The number of anilines is 2. The molecule has 2 aliphatic heterocycles. The topological polar surface area (TPSA) is 52.7 Å². The van der Waals surface area contributed by atoms with Crippen LogP contribution in [0, 0.1) is 5.92 Å². The number of hydrogen-bond acceptors (Lipinski definition) is 3. The number of likely N-dealkylation sites (tertiary alicyclic amines) is 1. The molecule has 0 aromatic heterocycles. The van der Waals surface area contributed by atoms with Gasteiger partial charge >= 0.3 is 0 Å². The summed E-state index contributed by atoms with van der Waals surface area (Å²) in [6.07, 6.45) is 5.52. The van der Waals surface area contributed by atoms with Crippen molar-refractivity contribution in [2.75, 3.05) is 36.4 Å². The number of piperidine rings is 2. The summed E-state index contributed by atoms with van der Waals surface area (Å²) in [5.41, 5.74) is 2.67. The second-order valence-electron chi connectivity index (χ2n) is 8.69. The van der Waals surface area contributed by atoms with Crippen LogP contribution in [0.3, 0.4) is 0 Å². The maximum Gasteiger partial charge on any atom is 0.257 e. The van der Waals surface area contributed by atoms with Crippen LogP contribution in [0.4, 0.5) is 11.4 Å². The van der Waals surface area contributed by atoms with Crippen molar-refractivity contribution in [2.45, 2.75) is 39.0 Å². The summed E-state index contributed by atoms with van der Waals surface area (Å²) in [5.74, 6) is 0.496. The lowest BCUT2D eigenvalue weighted by atomic mass is 9.97. The molecule has 1 N–H and O–H groups in total. The van der Waals surface area contributed by atoms with Crippen LogP contribution in [0.5, 0.6) is 0 Å². The van der Waals surface area contributed by atoms with Gasteiger partial charge in [0.05, 0.1) is 16.1 Å². The van der Waals surface area contributed by atoms with Crippen molar-refractivity contribution >= 4 is 34.8 Å². The first-order valence-electron chi connectivity index (χ1n) is 11.3. The van der Waals surface area contributed by atoms with E-state index < -0.39 is 0 Å². The van der Waals surface area contributed by atoms with Crippen LogP contribution in [-0.4, -0.2) is 42.9 Å². The Hall–Kier alpha value is -2.53. The van der Waals surface area contributed by atoms with Gasteiger partial charge in [0.15, 0.2) is 0 Å². The molecular weight excluding hydrogens is 410 g/mol. The van der Waals surface area contributed by atoms with Crippen LogP contribution in [0.1, 0.15) is 59.7 Å². The lowest BCUT2D eigenvalue weighted by Gasteiger charge is -2.35. The Kier molecular flexibility index (Phi) is 6.81. The summed E-state index contributed by atoms with van der Waals surface area (Å²) in [6.45, 7) is 5.78. The van der Waals surface area contributed by atoms with Crippen molar-refractivity contribution in [2.24, 2.45) is 5.92 Å². The Morgan fingerprint density at radius 2 is 1.65 bits per heavy atom. The SMILES string of the molecule is CC1CCN(c2ccc(NC(=O)c3ccccc3Cl)cc2C(=O)N2CCCCC2)CC1. The number of carbonyl (C=O) groups excluding carboxylic acids is 2. The third-order valence-electron chi connectivity index (χ3n) is 6.37. The van der Waals surface area contributed by atoms with E-state index in [2.05, 4.69) is 17.1 Å². The molecule has 5 nitrogen and oxygen atoms in total. The number of hydrogen-bond donors (Lipinski definition) is 1. The van der Waals surface area contributed by atoms with Gasteiger partial charge in [-0.15, -0.1) is 0 Å². The molecule has 31 heavy (non-hydrogen) atoms. The zero-order chi connectivity index (χ0) is 21.8. The van der Waals surface area contributed by atoms with E-state index in [1.54, 1.807) is 24.3 Å². The van der Waals surface area contributed by atoms with Crippen LogP contribution in [0.25, 0.3) is 0 Å². The molecule has 0 spiro atoms. The minimum atomic E-state index is -0.276. The monoisotopic (exact) mass is 439 g/mol. The molecule has 0 saturated carbocycles. The fraction of sp³-hybridized carbons (Fsp3) is 0.440. The van der Waals surface area contributed by atoms with Crippen LogP contribution in [0.2, 0.25) is 5.02 Å². The van der Waals surface area contributed by atoms with Gasteiger partial charge in [-0.05, 0) is 68.4 Å². The molecular formula is C25H30ClN3O2. The zero-order valence-electron chi connectivity index (χ0n) is 18.1. The highest BCUT2D eigenvalue weighted by Crippen LogP contribution is 2.30. The van der Waals surface area contributed by atoms with Crippen molar-refractivity contribution < 1.29 is 9.59 Å². The van der Waals surface area contributed by atoms with Gasteiger partial charge in [0.2, 0.25) is 0 Å². The van der Waals surface area contributed by atoms with Crippen LogP contribution in [-0.2, 0) is 0 Å². The van der Waals surface area contributed by atoms with Gasteiger partial charge in [-0.1, -0.05) is 30.7 Å². The van der Waals surface area contributed by atoms with Gasteiger partial charge < -0.3 is 15.1 Å². The average Bonchev–Trinajstić information content (AvgIpc) is 2.80. The maximum absolute atomic E-state index is 13.5. The molecule has 4 rings (SSSR count). The van der Waals surface area contributed by atoms with E-state index in [4.69, 9.17) is 11.6 Å². The summed E-state index contributed by atoms with van der Waals surface area (Å²) in [4.78, 5) is 30.5. The molecule has 2 aromatic carbocycles.